The molecule has 0 saturated heterocycles. The Kier molecular flexibility index (Phi) is 7.40. The minimum atomic E-state index is 0.892. The van der Waals surface area contributed by atoms with Gasteiger partial charge >= 0.3 is 0 Å². The van der Waals surface area contributed by atoms with Gasteiger partial charge in [0.2, 0.25) is 0 Å². The molecule has 272 valence electrons. The van der Waals surface area contributed by atoms with E-state index in [0.717, 1.165) is 94.3 Å². The summed E-state index contributed by atoms with van der Waals surface area (Å²) in [5, 5.41) is 7.10. The van der Waals surface area contributed by atoms with Gasteiger partial charge in [-0.2, -0.15) is 0 Å². The molecule has 9 aromatic carbocycles. The highest BCUT2D eigenvalue weighted by Crippen LogP contribution is 2.43. The molecule has 0 aliphatic carbocycles. The van der Waals surface area contributed by atoms with E-state index >= 15 is 0 Å². The van der Waals surface area contributed by atoms with Gasteiger partial charge in [-0.1, -0.05) is 127 Å². The van der Waals surface area contributed by atoms with Crippen LogP contribution in [0.25, 0.3) is 97.4 Å². The van der Waals surface area contributed by atoms with Crippen LogP contribution < -0.4 is 4.90 Å². The lowest BCUT2D eigenvalue weighted by molar-refractivity contribution is 0.669. The van der Waals surface area contributed by atoms with Crippen molar-refractivity contribution in [2.75, 3.05) is 4.90 Å². The normalized spacial score (nSPS) is 11.8. The van der Waals surface area contributed by atoms with Gasteiger partial charge in [-0.25, -0.2) is 0 Å². The summed E-state index contributed by atoms with van der Waals surface area (Å²) in [6.07, 6.45) is 0. The van der Waals surface area contributed by atoms with Gasteiger partial charge in [-0.15, -0.1) is 11.3 Å². The second-order valence-corrected chi connectivity index (χ2v) is 16.0. The first kappa shape index (κ1) is 32.8. The number of nitrogens with zero attached hydrogens (tertiary/aromatic N) is 1. The molecule has 0 unspecified atom stereocenters. The smallest absolute Gasteiger partial charge is 0.143 e. The number of anilines is 3. The van der Waals surface area contributed by atoms with Gasteiger partial charge in [-0.05, 0) is 101 Å². The molecule has 0 bridgehead atoms. The van der Waals surface area contributed by atoms with Crippen molar-refractivity contribution in [2.45, 2.75) is 0 Å². The van der Waals surface area contributed by atoms with Gasteiger partial charge in [0, 0.05) is 64.3 Å². The molecule has 3 heterocycles. The van der Waals surface area contributed by atoms with Crippen molar-refractivity contribution < 1.29 is 8.83 Å². The molecular formula is C54H33NO2S. The number of rotatable bonds is 6. The van der Waals surface area contributed by atoms with Crippen LogP contribution in [0.2, 0.25) is 0 Å². The van der Waals surface area contributed by atoms with Crippen LogP contribution in [0, 0.1) is 0 Å². The average Bonchev–Trinajstić information content (AvgIpc) is 3.98. The molecule has 58 heavy (non-hydrogen) atoms. The Labute approximate surface area is 338 Å². The van der Waals surface area contributed by atoms with Crippen LogP contribution >= 0.6 is 11.3 Å². The zero-order chi connectivity index (χ0) is 38.2. The molecule has 0 saturated carbocycles. The molecular weight excluding hydrogens is 727 g/mol. The first-order valence-corrected chi connectivity index (χ1v) is 20.4. The van der Waals surface area contributed by atoms with E-state index in [0.29, 0.717) is 0 Å². The highest BCUT2D eigenvalue weighted by Gasteiger charge is 2.17. The van der Waals surface area contributed by atoms with Crippen molar-refractivity contribution in [3.05, 3.63) is 200 Å². The first-order valence-electron chi connectivity index (χ1n) is 19.6. The third-order valence-electron chi connectivity index (χ3n) is 11.5. The van der Waals surface area contributed by atoms with Gasteiger partial charge in [-0.3, -0.25) is 0 Å². The third kappa shape index (κ3) is 5.34. The zero-order valence-electron chi connectivity index (χ0n) is 31.2. The summed E-state index contributed by atoms with van der Waals surface area (Å²) in [5.74, 6) is 0. The summed E-state index contributed by atoms with van der Waals surface area (Å²) < 4.78 is 15.2. The van der Waals surface area contributed by atoms with Gasteiger partial charge in [0.1, 0.15) is 22.3 Å². The van der Waals surface area contributed by atoms with Crippen molar-refractivity contribution in [3.8, 4) is 33.4 Å². The summed E-state index contributed by atoms with van der Waals surface area (Å²) in [6, 6.07) is 71.5. The number of benzene rings is 9. The molecule has 0 spiro atoms. The number of thiophene rings is 1. The molecule has 0 N–H and O–H groups in total. The topological polar surface area (TPSA) is 29.5 Å². The largest absolute Gasteiger partial charge is 0.456 e. The van der Waals surface area contributed by atoms with Gasteiger partial charge in [0.25, 0.3) is 0 Å². The van der Waals surface area contributed by atoms with Crippen LogP contribution in [0.5, 0.6) is 0 Å². The SMILES string of the molecule is c1ccc(-c2cccc3c2oc2ccc(-c4ccc(N(c5ccc(-c6ccc7oc8ccccc8c7c6)cc5)c5ccc6c(c5)sc5ccccc56)cc4)cc23)cc1. The fourth-order valence-corrected chi connectivity index (χ4v) is 9.77. The summed E-state index contributed by atoms with van der Waals surface area (Å²) in [4.78, 5) is 2.36. The summed E-state index contributed by atoms with van der Waals surface area (Å²) >= 11 is 1.85. The lowest BCUT2D eigenvalue weighted by Gasteiger charge is -2.26. The number of para-hydroxylation sites is 2. The third-order valence-corrected chi connectivity index (χ3v) is 12.6. The quantitative estimate of drug-likeness (QED) is 0.169. The lowest BCUT2D eigenvalue weighted by atomic mass is 10.00. The van der Waals surface area contributed by atoms with Crippen LogP contribution in [0.15, 0.2) is 209 Å². The predicted octanol–water partition coefficient (Wildman–Crippen LogP) is 16.3. The van der Waals surface area contributed by atoms with E-state index in [1.54, 1.807) is 0 Å². The first-order chi connectivity index (χ1) is 28.7. The van der Waals surface area contributed by atoms with Crippen LogP contribution in [-0.4, -0.2) is 0 Å². The minimum Gasteiger partial charge on any atom is -0.456 e. The van der Waals surface area contributed by atoms with Gasteiger partial charge in [0.05, 0.1) is 0 Å². The number of hydrogen-bond donors (Lipinski definition) is 0. The van der Waals surface area contributed by atoms with Crippen molar-refractivity contribution >= 4 is 92.4 Å². The molecule has 12 aromatic rings. The molecule has 3 aromatic heterocycles. The second-order valence-electron chi connectivity index (χ2n) is 14.9. The zero-order valence-corrected chi connectivity index (χ0v) is 32.0. The fourth-order valence-electron chi connectivity index (χ4n) is 8.64. The van der Waals surface area contributed by atoms with Crippen LogP contribution in [0.3, 0.4) is 0 Å². The molecule has 0 fully saturated rings. The number of hydrogen-bond acceptors (Lipinski definition) is 4. The van der Waals surface area contributed by atoms with E-state index in [9.17, 15) is 0 Å². The van der Waals surface area contributed by atoms with Gasteiger partial charge in [0.15, 0.2) is 0 Å². The van der Waals surface area contributed by atoms with Crippen molar-refractivity contribution in [2.24, 2.45) is 0 Å². The van der Waals surface area contributed by atoms with Crippen molar-refractivity contribution in [1.29, 1.82) is 0 Å². The highest BCUT2D eigenvalue weighted by molar-refractivity contribution is 7.25. The van der Waals surface area contributed by atoms with Crippen LogP contribution in [0.1, 0.15) is 0 Å². The van der Waals surface area contributed by atoms with E-state index in [2.05, 4.69) is 187 Å². The molecule has 4 heteroatoms. The molecule has 12 rings (SSSR count). The maximum absolute atomic E-state index is 6.49. The summed E-state index contributed by atoms with van der Waals surface area (Å²) in [6.45, 7) is 0. The van der Waals surface area contributed by atoms with E-state index < -0.39 is 0 Å². The molecule has 0 amide bonds. The van der Waals surface area contributed by atoms with Crippen LogP contribution in [0.4, 0.5) is 17.1 Å². The Hall–Kier alpha value is -7.40. The average molecular weight is 760 g/mol. The molecule has 0 aliphatic rings. The fraction of sp³-hybridized carbons (Fsp3) is 0. The lowest BCUT2D eigenvalue weighted by Crippen LogP contribution is -2.09. The standard InChI is InChI=1S/C54H33NO2S/c1-2-9-36(10-3-1)42-13-8-14-46-48-32-38(22-30-51(48)57-54(42)46)35-19-25-40(26-20-35)55(41-27-28-45-44-12-5-7-16-52(44)58-53(45)33-41)39-23-17-34(18-24-39)37-21-29-50-47(31-37)43-11-4-6-15-49(43)56-50/h1-33H. The monoisotopic (exact) mass is 759 g/mol. The maximum Gasteiger partial charge on any atom is 0.143 e. The Morgan fingerprint density at radius 3 is 1.60 bits per heavy atom. The van der Waals surface area contributed by atoms with E-state index in [4.69, 9.17) is 8.83 Å². The Morgan fingerprint density at radius 1 is 0.310 bits per heavy atom. The minimum absolute atomic E-state index is 0.892. The second kappa shape index (κ2) is 13.1. The van der Waals surface area contributed by atoms with Crippen molar-refractivity contribution in [3.63, 3.8) is 0 Å². The van der Waals surface area contributed by atoms with Gasteiger partial charge < -0.3 is 13.7 Å². The summed E-state index contributed by atoms with van der Waals surface area (Å²) in [5.41, 5.74) is 13.8. The number of fused-ring (bicyclic) bond motifs is 9. The van der Waals surface area contributed by atoms with Crippen molar-refractivity contribution in [1.82, 2.24) is 0 Å². The van der Waals surface area contributed by atoms with E-state index in [-0.39, 0.29) is 0 Å². The Balaban J connectivity index is 0.936. The van der Waals surface area contributed by atoms with Crippen LogP contribution in [-0.2, 0) is 0 Å². The summed E-state index contributed by atoms with van der Waals surface area (Å²) in [7, 11) is 0. The Morgan fingerprint density at radius 2 is 0.862 bits per heavy atom. The molecule has 0 atom stereocenters. The molecule has 0 radical (unpaired) electrons. The predicted molar refractivity (Wildman–Crippen MR) is 245 cm³/mol. The van der Waals surface area contributed by atoms with E-state index in [1.807, 2.05) is 29.5 Å². The molecule has 3 nitrogen and oxygen atoms in total. The Bertz CT molecular complexity index is 3500. The molecule has 0 aliphatic heterocycles. The van der Waals surface area contributed by atoms with E-state index in [1.165, 1.54) is 20.2 Å². The highest BCUT2D eigenvalue weighted by atomic mass is 32.1. The maximum atomic E-state index is 6.49. The number of furan rings is 2.